The van der Waals surface area contributed by atoms with Crippen LogP contribution in [0.3, 0.4) is 0 Å². The van der Waals surface area contributed by atoms with Crippen LogP contribution < -0.4 is 15.4 Å². The molecule has 31 heavy (non-hydrogen) atoms. The van der Waals surface area contributed by atoms with Crippen molar-refractivity contribution in [2.45, 2.75) is 6.54 Å². The third kappa shape index (κ3) is 4.84. The quantitative estimate of drug-likeness (QED) is 0.570. The predicted molar refractivity (Wildman–Crippen MR) is 112 cm³/mol. The normalized spacial score (nSPS) is 12.4. The number of rotatable bonds is 6. The van der Waals surface area contributed by atoms with Crippen LogP contribution in [0.1, 0.15) is 15.9 Å². The summed E-state index contributed by atoms with van der Waals surface area (Å²) in [6.45, 7) is -0.242. The first-order chi connectivity index (χ1) is 15.0. The Morgan fingerprint density at radius 3 is 2.90 bits per heavy atom. The first kappa shape index (κ1) is 20.4. The first-order valence-electron chi connectivity index (χ1n) is 9.28. The summed E-state index contributed by atoms with van der Waals surface area (Å²) in [6.07, 6.45) is 1.55. The summed E-state index contributed by atoms with van der Waals surface area (Å²) in [5.41, 5.74) is 1.52. The zero-order chi connectivity index (χ0) is 21.8. The molecule has 10 heteroatoms. The molecular formula is C21H17ClN4O5. The Balaban J connectivity index is 1.34. The number of fused-ring (bicyclic) bond motifs is 1. The maximum absolute atomic E-state index is 12.3. The van der Waals surface area contributed by atoms with Gasteiger partial charge in [0.25, 0.3) is 11.8 Å². The molecule has 1 aromatic heterocycles. The summed E-state index contributed by atoms with van der Waals surface area (Å²) >= 11 is 6.18. The molecule has 0 fully saturated rings. The number of halogens is 1. The number of nitrogens with one attached hydrogen (secondary N) is 2. The van der Waals surface area contributed by atoms with Crippen LogP contribution in [0.5, 0.6) is 5.75 Å². The van der Waals surface area contributed by atoms with Crippen molar-refractivity contribution in [2.24, 2.45) is 0 Å². The Kier molecular flexibility index (Phi) is 5.85. The van der Waals surface area contributed by atoms with Gasteiger partial charge in [0, 0.05) is 11.1 Å². The molecule has 3 aromatic rings. The minimum atomic E-state index is -0.692. The molecular weight excluding hydrogens is 424 g/mol. The highest BCUT2D eigenvalue weighted by Gasteiger charge is 2.19. The molecule has 2 aromatic carbocycles. The van der Waals surface area contributed by atoms with Crippen molar-refractivity contribution < 1.29 is 23.9 Å². The van der Waals surface area contributed by atoms with Crippen LogP contribution in [-0.4, -0.2) is 40.8 Å². The standard InChI is InChI=1S/C21H17ClN4O5/c22-15-4-2-1-3-14(15)10-26-18(7-8-23-26)25-20(28)12-31-21(29)13-5-6-16-17(9-13)30-11-19(27)24-16/h1-9H,10-12H2,(H,24,27)(H,25,28). The minimum Gasteiger partial charge on any atom is -0.482 e. The van der Waals surface area contributed by atoms with Crippen molar-refractivity contribution in [3.05, 3.63) is 70.9 Å². The van der Waals surface area contributed by atoms with Gasteiger partial charge in [-0.25, -0.2) is 9.48 Å². The zero-order valence-corrected chi connectivity index (χ0v) is 16.9. The lowest BCUT2D eigenvalue weighted by molar-refractivity contribution is -0.119. The summed E-state index contributed by atoms with van der Waals surface area (Å²) in [7, 11) is 0. The maximum atomic E-state index is 12.3. The van der Waals surface area contributed by atoms with E-state index < -0.39 is 18.5 Å². The topological polar surface area (TPSA) is 112 Å². The molecule has 0 unspecified atom stereocenters. The minimum absolute atomic E-state index is 0.129. The SMILES string of the molecule is O=C1COc2cc(C(=O)OCC(=O)Nc3ccnn3Cc3ccccc3Cl)ccc2N1. The second-order valence-corrected chi connectivity index (χ2v) is 7.04. The molecule has 0 saturated carbocycles. The van der Waals surface area contributed by atoms with E-state index in [1.807, 2.05) is 18.2 Å². The number of benzene rings is 2. The number of esters is 1. The van der Waals surface area contributed by atoms with Crippen LogP contribution in [0.2, 0.25) is 5.02 Å². The van der Waals surface area contributed by atoms with Gasteiger partial charge in [0.1, 0.15) is 11.6 Å². The third-order valence-corrected chi connectivity index (χ3v) is 4.82. The van der Waals surface area contributed by atoms with Gasteiger partial charge in [0.2, 0.25) is 0 Å². The summed E-state index contributed by atoms with van der Waals surface area (Å²) in [5.74, 6) is -0.673. The average molecular weight is 441 g/mol. The molecule has 1 aliphatic rings. The largest absolute Gasteiger partial charge is 0.482 e. The lowest BCUT2D eigenvalue weighted by Crippen LogP contribution is -2.26. The molecule has 2 N–H and O–H groups in total. The Hall–Kier alpha value is -3.85. The van der Waals surface area contributed by atoms with E-state index in [-0.39, 0.29) is 18.1 Å². The van der Waals surface area contributed by atoms with Crippen molar-refractivity contribution in [1.29, 1.82) is 0 Å². The van der Waals surface area contributed by atoms with E-state index >= 15 is 0 Å². The van der Waals surface area contributed by atoms with E-state index in [1.165, 1.54) is 18.2 Å². The summed E-state index contributed by atoms with van der Waals surface area (Å²) < 4.78 is 11.9. The van der Waals surface area contributed by atoms with Gasteiger partial charge in [-0.05, 0) is 29.8 Å². The van der Waals surface area contributed by atoms with Gasteiger partial charge in [-0.3, -0.25) is 9.59 Å². The van der Waals surface area contributed by atoms with E-state index in [9.17, 15) is 14.4 Å². The molecule has 0 saturated heterocycles. The van der Waals surface area contributed by atoms with Gasteiger partial charge < -0.3 is 20.1 Å². The van der Waals surface area contributed by atoms with E-state index in [0.717, 1.165) is 5.56 Å². The van der Waals surface area contributed by atoms with E-state index in [1.54, 1.807) is 23.0 Å². The van der Waals surface area contributed by atoms with Crippen molar-refractivity contribution in [1.82, 2.24) is 9.78 Å². The Morgan fingerprint density at radius 1 is 1.23 bits per heavy atom. The summed E-state index contributed by atoms with van der Waals surface area (Å²) in [6, 6.07) is 13.4. The summed E-state index contributed by atoms with van der Waals surface area (Å²) in [4.78, 5) is 35.8. The number of aromatic nitrogens is 2. The van der Waals surface area contributed by atoms with Crippen molar-refractivity contribution in [2.75, 3.05) is 23.8 Å². The third-order valence-electron chi connectivity index (χ3n) is 4.45. The number of carbonyl (C=O) groups excluding carboxylic acids is 3. The summed E-state index contributed by atoms with van der Waals surface area (Å²) in [5, 5.41) is 10.1. The van der Waals surface area contributed by atoms with Gasteiger partial charge in [-0.2, -0.15) is 5.10 Å². The van der Waals surface area contributed by atoms with Crippen molar-refractivity contribution in [3.63, 3.8) is 0 Å². The van der Waals surface area contributed by atoms with Crippen LogP contribution in [0.15, 0.2) is 54.7 Å². The van der Waals surface area contributed by atoms with Crippen molar-refractivity contribution >= 4 is 40.9 Å². The van der Waals surface area contributed by atoms with E-state index in [2.05, 4.69) is 15.7 Å². The van der Waals surface area contributed by atoms with Gasteiger partial charge >= 0.3 is 5.97 Å². The maximum Gasteiger partial charge on any atom is 0.338 e. The van der Waals surface area contributed by atoms with E-state index in [0.29, 0.717) is 28.8 Å². The van der Waals surface area contributed by atoms with Crippen LogP contribution >= 0.6 is 11.6 Å². The molecule has 0 radical (unpaired) electrons. The molecule has 0 bridgehead atoms. The molecule has 158 valence electrons. The molecule has 0 atom stereocenters. The molecule has 2 amide bonds. The lowest BCUT2D eigenvalue weighted by Gasteiger charge is -2.18. The molecule has 9 nitrogen and oxygen atoms in total. The fourth-order valence-electron chi connectivity index (χ4n) is 2.95. The highest BCUT2D eigenvalue weighted by Crippen LogP contribution is 2.28. The molecule has 0 spiro atoms. The van der Waals surface area contributed by atoms with Gasteiger partial charge in [0.15, 0.2) is 13.2 Å². The number of amides is 2. The highest BCUT2D eigenvalue weighted by molar-refractivity contribution is 6.31. The predicted octanol–water partition coefficient (Wildman–Crippen LogP) is 2.71. The number of hydrogen-bond acceptors (Lipinski definition) is 6. The fourth-order valence-corrected chi connectivity index (χ4v) is 3.14. The van der Waals surface area contributed by atoms with Crippen LogP contribution in [0, 0.1) is 0 Å². The van der Waals surface area contributed by atoms with Crippen LogP contribution in [0.4, 0.5) is 11.5 Å². The smallest absolute Gasteiger partial charge is 0.338 e. The average Bonchev–Trinajstić information content (AvgIpc) is 3.19. The lowest BCUT2D eigenvalue weighted by atomic mass is 10.1. The monoisotopic (exact) mass is 440 g/mol. The zero-order valence-electron chi connectivity index (χ0n) is 16.1. The molecule has 2 heterocycles. The van der Waals surface area contributed by atoms with Gasteiger partial charge in [0.05, 0.1) is 24.0 Å². The first-order valence-corrected chi connectivity index (χ1v) is 9.66. The van der Waals surface area contributed by atoms with Gasteiger partial charge in [-0.15, -0.1) is 0 Å². The molecule has 4 rings (SSSR count). The number of carbonyl (C=O) groups is 3. The number of anilines is 2. The van der Waals surface area contributed by atoms with Gasteiger partial charge in [-0.1, -0.05) is 29.8 Å². The Labute approximate surface area is 181 Å². The van der Waals surface area contributed by atoms with Crippen LogP contribution in [-0.2, 0) is 20.9 Å². The molecule has 1 aliphatic heterocycles. The highest BCUT2D eigenvalue weighted by atomic mass is 35.5. The molecule has 0 aliphatic carbocycles. The van der Waals surface area contributed by atoms with Crippen LogP contribution in [0.25, 0.3) is 0 Å². The second-order valence-electron chi connectivity index (χ2n) is 6.64. The van der Waals surface area contributed by atoms with Crippen molar-refractivity contribution in [3.8, 4) is 5.75 Å². The number of hydrogen-bond donors (Lipinski definition) is 2. The van der Waals surface area contributed by atoms with E-state index in [4.69, 9.17) is 21.1 Å². The number of ether oxygens (including phenoxy) is 2. The Morgan fingerprint density at radius 2 is 2.06 bits per heavy atom. The number of nitrogens with zero attached hydrogens (tertiary/aromatic N) is 2. The fraction of sp³-hybridized carbons (Fsp3) is 0.143. The second kappa shape index (κ2) is 8.88. The Bertz CT molecular complexity index is 1160.